The Kier molecular flexibility index (Phi) is 2.87. The summed E-state index contributed by atoms with van der Waals surface area (Å²) in [6.07, 6.45) is 0. The van der Waals surface area contributed by atoms with Gasteiger partial charge in [0, 0.05) is 11.9 Å². The van der Waals surface area contributed by atoms with Crippen molar-refractivity contribution in [3.8, 4) is 5.75 Å². The number of benzene rings is 1. The lowest BCUT2D eigenvalue weighted by Gasteiger charge is -2.08. The highest BCUT2D eigenvalue weighted by molar-refractivity contribution is 5.87. The van der Waals surface area contributed by atoms with Gasteiger partial charge in [-0.05, 0) is 13.1 Å². The number of nitrogens with zero attached hydrogens (tertiary/aromatic N) is 2. The van der Waals surface area contributed by atoms with Crippen molar-refractivity contribution in [1.82, 2.24) is 15.3 Å². The minimum Gasteiger partial charge on any atom is -0.494 e. The van der Waals surface area contributed by atoms with E-state index in [0.717, 1.165) is 16.6 Å². The van der Waals surface area contributed by atoms with Crippen LogP contribution >= 0.6 is 0 Å². The molecule has 84 valence electrons. The average molecular weight is 218 g/mol. The maximum atomic E-state index is 5.67. The highest BCUT2D eigenvalue weighted by Gasteiger charge is 2.09. The molecule has 5 heteroatoms. The van der Waals surface area contributed by atoms with Crippen LogP contribution in [0.25, 0.3) is 10.9 Å². The summed E-state index contributed by atoms with van der Waals surface area (Å²) >= 11 is 0. The van der Waals surface area contributed by atoms with Crippen LogP contribution in [0.1, 0.15) is 5.69 Å². The second kappa shape index (κ2) is 4.32. The van der Waals surface area contributed by atoms with E-state index in [1.165, 1.54) is 0 Å². The molecule has 0 amide bonds. The zero-order valence-electron chi connectivity index (χ0n) is 9.32. The van der Waals surface area contributed by atoms with E-state index >= 15 is 0 Å². The fourth-order valence-corrected chi connectivity index (χ4v) is 1.68. The Labute approximate surface area is 93.7 Å². The van der Waals surface area contributed by atoms with E-state index in [4.69, 9.17) is 10.5 Å². The van der Waals surface area contributed by atoms with Crippen molar-refractivity contribution in [2.45, 2.75) is 6.54 Å². The number of methoxy groups -OCH3 is 1. The van der Waals surface area contributed by atoms with E-state index in [2.05, 4.69) is 15.3 Å². The molecule has 0 saturated carbocycles. The maximum absolute atomic E-state index is 5.67. The highest BCUT2D eigenvalue weighted by Crippen LogP contribution is 2.25. The first-order valence-corrected chi connectivity index (χ1v) is 5.00. The van der Waals surface area contributed by atoms with E-state index in [9.17, 15) is 0 Å². The molecule has 0 atom stereocenters. The second-order valence-electron chi connectivity index (χ2n) is 3.42. The molecule has 0 aliphatic carbocycles. The minimum atomic E-state index is 0.266. The zero-order chi connectivity index (χ0) is 11.5. The van der Waals surface area contributed by atoms with Crippen molar-refractivity contribution < 1.29 is 4.74 Å². The monoisotopic (exact) mass is 218 g/mol. The van der Waals surface area contributed by atoms with Gasteiger partial charge >= 0.3 is 0 Å². The molecular weight excluding hydrogens is 204 g/mol. The fraction of sp³-hybridized carbons (Fsp3) is 0.273. The minimum absolute atomic E-state index is 0.266. The van der Waals surface area contributed by atoms with Gasteiger partial charge in [-0.1, -0.05) is 12.1 Å². The smallest absolute Gasteiger partial charge is 0.220 e. The molecule has 0 bridgehead atoms. The van der Waals surface area contributed by atoms with Crippen molar-refractivity contribution >= 4 is 16.9 Å². The number of ether oxygens (including phenoxy) is 1. The van der Waals surface area contributed by atoms with Crippen LogP contribution in [0.15, 0.2) is 18.2 Å². The van der Waals surface area contributed by atoms with Crippen molar-refractivity contribution in [3.05, 3.63) is 23.9 Å². The fourth-order valence-electron chi connectivity index (χ4n) is 1.68. The molecule has 1 aromatic heterocycles. The van der Waals surface area contributed by atoms with Crippen LogP contribution < -0.4 is 15.8 Å². The van der Waals surface area contributed by atoms with Crippen LogP contribution in [-0.4, -0.2) is 24.1 Å². The summed E-state index contributed by atoms with van der Waals surface area (Å²) in [7, 11) is 3.48. The number of rotatable bonds is 3. The molecule has 0 aliphatic heterocycles. The number of hydrogen-bond donors (Lipinski definition) is 2. The van der Waals surface area contributed by atoms with E-state index in [1.54, 1.807) is 7.11 Å². The molecule has 1 aromatic carbocycles. The molecule has 0 unspecified atom stereocenters. The van der Waals surface area contributed by atoms with Gasteiger partial charge in [-0.3, -0.25) is 0 Å². The molecule has 2 rings (SSSR count). The van der Waals surface area contributed by atoms with Gasteiger partial charge in [0.25, 0.3) is 0 Å². The van der Waals surface area contributed by atoms with Crippen LogP contribution in [0.5, 0.6) is 5.75 Å². The first kappa shape index (κ1) is 10.6. The quantitative estimate of drug-likeness (QED) is 0.802. The number of para-hydroxylation sites is 1. The Morgan fingerprint density at radius 2 is 2.19 bits per heavy atom. The molecular formula is C11H14N4O. The molecule has 1 heterocycles. The lowest BCUT2D eigenvalue weighted by Crippen LogP contribution is -2.10. The predicted octanol–water partition coefficient (Wildman–Crippen LogP) is 0.940. The normalized spacial score (nSPS) is 10.6. The third-order valence-electron chi connectivity index (χ3n) is 2.35. The van der Waals surface area contributed by atoms with Crippen LogP contribution in [0.3, 0.4) is 0 Å². The topological polar surface area (TPSA) is 73.1 Å². The van der Waals surface area contributed by atoms with Crippen molar-refractivity contribution in [1.29, 1.82) is 0 Å². The van der Waals surface area contributed by atoms with Gasteiger partial charge in [-0.25, -0.2) is 9.97 Å². The summed E-state index contributed by atoms with van der Waals surface area (Å²) in [5.74, 6) is 0.978. The summed E-state index contributed by atoms with van der Waals surface area (Å²) in [5.41, 5.74) is 7.30. The molecule has 0 spiro atoms. The molecule has 0 fully saturated rings. The van der Waals surface area contributed by atoms with E-state index in [-0.39, 0.29) is 5.95 Å². The van der Waals surface area contributed by atoms with Gasteiger partial charge in [0.2, 0.25) is 5.95 Å². The SMILES string of the molecule is CNCc1nc(N)nc2c(OC)cccc12. The number of aromatic nitrogens is 2. The molecule has 0 radical (unpaired) electrons. The third-order valence-corrected chi connectivity index (χ3v) is 2.35. The number of anilines is 1. The number of hydrogen-bond acceptors (Lipinski definition) is 5. The first-order valence-electron chi connectivity index (χ1n) is 5.00. The first-order chi connectivity index (χ1) is 7.76. The molecule has 16 heavy (non-hydrogen) atoms. The standard InChI is InChI=1S/C11H14N4O/c1-13-6-8-7-4-3-5-9(16-2)10(7)15-11(12)14-8/h3-5,13H,6H2,1-2H3,(H2,12,14,15). The Bertz CT molecular complexity index is 513. The predicted molar refractivity (Wildman–Crippen MR) is 63.3 cm³/mol. The number of nitrogen functional groups attached to an aromatic ring is 1. The molecule has 3 N–H and O–H groups in total. The summed E-state index contributed by atoms with van der Waals surface area (Å²) in [6, 6.07) is 5.74. The van der Waals surface area contributed by atoms with Gasteiger partial charge in [-0.2, -0.15) is 0 Å². The second-order valence-corrected chi connectivity index (χ2v) is 3.42. The molecule has 5 nitrogen and oxygen atoms in total. The number of fused-ring (bicyclic) bond motifs is 1. The third kappa shape index (κ3) is 1.77. The average Bonchev–Trinajstić information content (AvgIpc) is 2.28. The summed E-state index contributed by atoms with van der Waals surface area (Å²) in [6.45, 7) is 0.649. The summed E-state index contributed by atoms with van der Waals surface area (Å²) in [4.78, 5) is 8.42. The Balaban J connectivity index is 2.72. The van der Waals surface area contributed by atoms with Crippen LogP contribution in [0.4, 0.5) is 5.95 Å². The van der Waals surface area contributed by atoms with Crippen LogP contribution in [-0.2, 0) is 6.54 Å². The summed E-state index contributed by atoms with van der Waals surface area (Å²) in [5, 5.41) is 4.02. The lowest BCUT2D eigenvalue weighted by molar-refractivity contribution is 0.419. The maximum Gasteiger partial charge on any atom is 0.220 e. The molecule has 0 saturated heterocycles. The largest absolute Gasteiger partial charge is 0.494 e. The van der Waals surface area contributed by atoms with E-state index in [0.29, 0.717) is 12.3 Å². The van der Waals surface area contributed by atoms with Gasteiger partial charge < -0.3 is 15.8 Å². The van der Waals surface area contributed by atoms with Crippen LogP contribution in [0.2, 0.25) is 0 Å². The Hall–Kier alpha value is -1.88. The lowest BCUT2D eigenvalue weighted by atomic mass is 10.1. The zero-order valence-corrected chi connectivity index (χ0v) is 9.32. The van der Waals surface area contributed by atoms with Crippen molar-refractivity contribution in [2.24, 2.45) is 0 Å². The number of nitrogens with two attached hydrogens (primary N) is 1. The summed E-state index contributed by atoms with van der Waals surface area (Å²) < 4.78 is 5.25. The Morgan fingerprint density at radius 1 is 1.38 bits per heavy atom. The van der Waals surface area contributed by atoms with Gasteiger partial charge in [0.15, 0.2) is 0 Å². The van der Waals surface area contributed by atoms with Crippen molar-refractivity contribution in [3.63, 3.8) is 0 Å². The van der Waals surface area contributed by atoms with Gasteiger partial charge in [0.1, 0.15) is 11.3 Å². The van der Waals surface area contributed by atoms with E-state index in [1.807, 2.05) is 25.2 Å². The molecule has 2 aromatic rings. The van der Waals surface area contributed by atoms with Gasteiger partial charge in [-0.15, -0.1) is 0 Å². The van der Waals surface area contributed by atoms with Crippen LogP contribution in [0, 0.1) is 0 Å². The molecule has 0 aliphatic rings. The Morgan fingerprint density at radius 3 is 2.88 bits per heavy atom. The van der Waals surface area contributed by atoms with Gasteiger partial charge in [0.05, 0.1) is 12.8 Å². The highest BCUT2D eigenvalue weighted by atomic mass is 16.5. The van der Waals surface area contributed by atoms with Crippen molar-refractivity contribution in [2.75, 3.05) is 19.9 Å². The van der Waals surface area contributed by atoms with E-state index < -0.39 is 0 Å². The number of nitrogens with one attached hydrogen (secondary N) is 1.